The fraction of sp³-hybridized carbons (Fsp3) is 0.333. The third-order valence-corrected chi connectivity index (χ3v) is 1.60. The second-order valence-corrected chi connectivity index (χ2v) is 2.41. The average molecular weight is 185 g/mol. The molecule has 58 valence electrons. The molecule has 0 radical (unpaired) electrons. The van der Waals surface area contributed by atoms with Crippen LogP contribution in [0, 0.1) is 0 Å². The van der Waals surface area contributed by atoms with Crippen molar-refractivity contribution in [3.63, 3.8) is 0 Å². The van der Waals surface area contributed by atoms with Crippen LogP contribution in [0.3, 0.4) is 0 Å². The van der Waals surface area contributed by atoms with E-state index in [1.165, 1.54) is 6.20 Å². The molecule has 0 aromatic heterocycles. The fourth-order valence-electron chi connectivity index (χ4n) is 0.504. The second-order valence-electron chi connectivity index (χ2n) is 1.78. The molecule has 1 rings (SSSR count). The van der Waals surface area contributed by atoms with E-state index in [0.717, 1.165) is 0 Å². The van der Waals surface area contributed by atoms with Gasteiger partial charge >= 0.3 is 0 Å². The molecule has 3 nitrogen and oxygen atoms in total. The Balaban J connectivity index is 2.80. The molecular formula is C6H7N3S2. The van der Waals surface area contributed by atoms with Gasteiger partial charge in [0.05, 0.1) is 12.0 Å². The molecule has 0 spiro atoms. The van der Waals surface area contributed by atoms with Crippen LogP contribution in [0.15, 0.2) is 32.8 Å². The zero-order valence-electron chi connectivity index (χ0n) is 5.73. The predicted octanol–water partition coefficient (Wildman–Crippen LogP) is 1.71. The summed E-state index contributed by atoms with van der Waals surface area (Å²) in [7, 11) is 0. The number of amidine groups is 1. The number of nitrogens with zero attached hydrogens (tertiary/aromatic N) is 3. The minimum atomic E-state index is 0.488. The summed E-state index contributed by atoms with van der Waals surface area (Å²) in [5.74, 6) is 1.61. The first-order chi connectivity index (χ1) is 5.36. The number of hydrogen-bond acceptors (Lipinski definition) is 5. The molecule has 1 heterocycles. The number of thiol groups is 2. The third kappa shape index (κ3) is 2.54. The van der Waals surface area contributed by atoms with E-state index in [1.807, 2.05) is 0 Å². The van der Waals surface area contributed by atoms with Crippen molar-refractivity contribution in [3.8, 4) is 0 Å². The first-order valence-corrected chi connectivity index (χ1v) is 4.27. The first-order valence-electron chi connectivity index (χ1n) is 3.01. The summed E-state index contributed by atoms with van der Waals surface area (Å²) < 4.78 is 0. The predicted molar refractivity (Wildman–Crippen MR) is 51.6 cm³/mol. The Kier molecular flexibility index (Phi) is 3.42. The number of aliphatic imine (C=N–C) groups is 1. The van der Waals surface area contributed by atoms with E-state index in [1.54, 1.807) is 0 Å². The van der Waals surface area contributed by atoms with Gasteiger partial charge in [0, 0.05) is 5.75 Å². The summed E-state index contributed by atoms with van der Waals surface area (Å²) in [6.07, 6.45) is 1.54. The SMILES string of the molecule is SCC1=C=CN=C(CS)N=N1. The van der Waals surface area contributed by atoms with Crippen molar-refractivity contribution in [3.05, 3.63) is 17.6 Å². The summed E-state index contributed by atoms with van der Waals surface area (Å²) in [6.45, 7) is 0. The molecule has 1 aliphatic heterocycles. The maximum Gasteiger partial charge on any atom is 0.161 e. The molecule has 5 heteroatoms. The van der Waals surface area contributed by atoms with Crippen molar-refractivity contribution in [1.29, 1.82) is 0 Å². The molecule has 0 aromatic rings. The van der Waals surface area contributed by atoms with Crippen LogP contribution in [0.5, 0.6) is 0 Å². The maximum absolute atomic E-state index is 4.03. The van der Waals surface area contributed by atoms with E-state index < -0.39 is 0 Å². The molecule has 0 N–H and O–H groups in total. The summed E-state index contributed by atoms with van der Waals surface area (Å²) in [5, 5.41) is 7.65. The van der Waals surface area contributed by atoms with Crippen molar-refractivity contribution in [2.75, 3.05) is 11.5 Å². The first kappa shape index (κ1) is 8.59. The van der Waals surface area contributed by atoms with Crippen LogP contribution in [0.1, 0.15) is 0 Å². The van der Waals surface area contributed by atoms with Crippen molar-refractivity contribution in [2.45, 2.75) is 0 Å². The quantitative estimate of drug-likeness (QED) is 0.485. The Labute approximate surface area is 75.8 Å². The molecule has 1 aliphatic rings. The van der Waals surface area contributed by atoms with Gasteiger partial charge in [0.1, 0.15) is 5.70 Å². The monoisotopic (exact) mass is 185 g/mol. The lowest BCUT2D eigenvalue weighted by Crippen LogP contribution is -1.92. The Bertz CT molecular complexity index is 261. The van der Waals surface area contributed by atoms with Gasteiger partial charge in [-0.25, -0.2) is 4.99 Å². The largest absolute Gasteiger partial charge is 0.230 e. The van der Waals surface area contributed by atoms with Gasteiger partial charge in [0.2, 0.25) is 0 Å². The summed E-state index contributed by atoms with van der Waals surface area (Å²) in [5.41, 5.74) is 3.52. The molecule has 0 aliphatic carbocycles. The highest BCUT2D eigenvalue weighted by Crippen LogP contribution is 2.02. The minimum Gasteiger partial charge on any atom is -0.230 e. The zero-order valence-corrected chi connectivity index (χ0v) is 7.52. The van der Waals surface area contributed by atoms with Gasteiger partial charge in [-0.3, -0.25) is 0 Å². The standard InChI is InChI=1S/C6H7N3S2/c10-3-5-1-2-7-6(4-11)9-8-5/h2,10-11H,3-4H2. The van der Waals surface area contributed by atoms with Crippen molar-refractivity contribution >= 4 is 31.1 Å². The normalized spacial score (nSPS) is 15.8. The zero-order chi connectivity index (χ0) is 8.10. The fourth-order valence-corrected chi connectivity index (χ4v) is 0.803. The van der Waals surface area contributed by atoms with E-state index in [4.69, 9.17) is 0 Å². The molecule has 0 saturated carbocycles. The highest BCUT2D eigenvalue weighted by molar-refractivity contribution is 7.81. The molecular weight excluding hydrogens is 178 g/mol. The van der Waals surface area contributed by atoms with E-state index in [9.17, 15) is 0 Å². The average Bonchev–Trinajstić information content (AvgIpc) is 2.28. The van der Waals surface area contributed by atoms with Gasteiger partial charge in [0.25, 0.3) is 0 Å². The molecule has 0 aromatic carbocycles. The Morgan fingerprint density at radius 3 is 2.73 bits per heavy atom. The Morgan fingerprint density at radius 2 is 2.09 bits per heavy atom. The topological polar surface area (TPSA) is 37.1 Å². The molecule has 0 fully saturated rings. The molecule has 0 unspecified atom stereocenters. The highest BCUT2D eigenvalue weighted by Gasteiger charge is 1.95. The van der Waals surface area contributed by atoms with Crippen LogP contribution in [-0.4, -0.2) is 17.3 Å². The van der Waals surface area contributed by atoms with Crippen LogP contribution in [0.4, 0.5) is 0 Å². The van der Waals surface area contributed by atoms with Crippen molar-refractivity contribution in [1.82, 2.24) is 0 Å². The minimum absolute atomic E-state index is 0.488. The lowest BCUT2D eigenvalue weighted by atomic mass is 10.5. The van der Waals surface area contributed by atoms with Crippen LogP contribution in [0.25, 0.3) is 0 Å². The van der Waals surface area contributed by atoms with Gasteiger partial charge in [-0.05, 0) is 0 Å². The third-order valence-electron chi connectivity index (χ3n) is 1.02. The smallest absolute Gasteiger partial charge is 0.161 e. The van der Waals surface area contributed by atoms with Crippen LogP contribution in [-0.2, 0) is 0 Å². The molecule has 0 amide bonds. The van der Waals surface area contributed by atoms with E-state index in [2.05, 4.69) is 46.2 Å². The lowest BCUT2D eigenvalue weighted by Gasteiger charge is -1.88. The van der Waals surface area contributed by atoms with Gasteiger partial charge in [-0.1, -0.05) is 5.73 Å². The Hall–Kier alpha value is -0.510. The van der Waals surface area contributed by atoms with Crippen LogP contribution >= 0.6 is 25.3 Å². The van der Waals surface area contributed by atoms with Gasteiger partial charge < -0.3 is 0 Å². The van der Waals surface area contributed by atoms with Crippen molar-refractivity contribution in [2.24, 2.45) is 15.2 Å². The maximum atomic E-state index is 4.03. The summed E-state index contributed by atoms with van der Waals surface area (Å²) in [4.78, 5) is 3.93. The lowest BCUT2D eigenvalue weighted by molar-refractivity contribution is 1.17. The van der Waals surface area contributed by atoms with E-state index in [-0.39, 0.29) is 0 Å². The van der Waals surface area contributed by atoms with Gasteiger partial charge in [-0.15, -0.1) is 10.2 Å². The van der Waals surface area contributed by atoms with Crippen LogP contribution in [0.2, 0.25) is 0 Å². The molecule has 0 atom stereocenters. The number of azo groups is 1. The highest BCUT2D eigenvalue weighted by atomic mass is 32.1. The van der Waals surface area contributed by atoms with E-state index >= 15 is 0 Å². The number of rotatable bonds is 2. The Morgan fingerprint density at radius 1 is 1.27 bits per heavy atom. The molecule has 0 saturated heterocycles. The summed E-state index contributed by atoms with van der Waals surface area (Å²) in [6, 6.07) is 0. The molecule has 11 heavy (non-hydrogen) atoms. The van der Waals surface area contributed by atoms with E-state index in [0.29, 0.717) is 23.0 Å². The summed E-state index contributed by atoms with van der Waals surface area (Å²) >= 11 is 8.04. The number of hydrogen-bond donors (Lipinski definition) is 2. The second kappa shape index (κ2) is 4.38. The van der Waals surface area contributed by atoms with Gasteiger partial charge in [0.15, 0.2) is 5.84 Å². The van der Waals surface area contributed by atoms with Crippen molar-refractivity contribution < 1.29 is 0 Å². The van der Waals surface area contributed by atoms with Gasteiger partial charge in [-0.2, -0.15) is 25.3 Å². The molecule has 0 bridgehead atoms. The van der Waals surface area contributed by atoms with Crippen LogP contribution < -0.4 is 0 Å².